The number of cyclic esters (lactones) is 1. The van der Waals surface area contributed by atoms with Crippen molar-refractivity contribution in [2.75, 3.05) is 6.61 Å². The maximum atomic E-state index is 10.8. The average molecular weight is 124 g/mol. The molecule has 0 bridgehead atoms. The van der Waals surface area contributed by atoms with Gasteiger partial charge >= 0.3 is 5.97 Å². The van der Waals surface area contributed by atoms with Crippen LogP contribution in [-0.2, 0) is 9.53 Å². The van der Waals surface area contributed by atoms with E-state index in [2.05, 4.69) is 6.08 Å². The van der Waals surface area contributed by atoms with E-state index < -0.39 is 0 Å². The Labute approximate surface area is 53.5 Å². The van der Waals surface area contributed by atoms with E-state index in [1.165, 1.54) is 0 Å². The Morgan fingerprint density at radius 3 is 3.33 bits per heavy atom. The zero-order valence-corrected chi connectivity index (χ0v) is 5.04. The smallest absolute Gasteiger partial charge is 0.313 e. The molecule has 0 aromatic heterocycles. The van der Waals surface area contributed by atoms with E-state index in [-0.39, 0.29) is 11.9 Å². The number of ether oxygens (including phenoxy) is 1. The molecule has 0 amide bonds. The first-order chi connectivity index (χ1) is 4.38. The van der Waals surface area contributed by atoms with Gasteiger partial charge in [-0.25, -0.2) is 0 Å². The maximum absolute atomic E-state index is 10.8. The molecular formula is C7H8O2. The van der Waals surface area contributed by atoms with Gasteiger partial charge in [-0.3, -0.25) is 4.79 Å². The maximum Gasteiger partial charge on any atom is 0.313 e. The van der Waals surface area contributed by atoms with Gasteiger partial charge in [-0.2, -0.15) is 0 Å². The SMILES string of the molecule is O=C1OC[C@@H]2CC=C[C@H]12. The number of carbonyl (C=O) groups is 1. The monoisotopic (exact) mass is 124 g/mol. The quantitative estimate of drug-likeness (QED) is 0.351. The van der Waals surface area contributed by atoms with E-state index in [9.17, 15) is 4.79 Å². The molecule has 0 spiro atoms. The zero-order chi connectivity index (χ0) is 6.27. The average Bonchev–Trinajstić information content (AvgIpc) is 2.35. The highest BCUT2D eigenvalue weighted by Crippen LogP contribution is 2.31. The van der Waals surface area contributed by atoms with Crippen molar-refractivity contribution < 1.29 is 9.53 Å². The summed E-state index contributed by atoms with van der Waals surface area (Å²) in [5, 5.41) is 0. The predicted molar refractivity (Wildman–Crippen MR) is 31.7 cm³/mol. The van der Waals surface area contributed by atoms with Crippen LogP contribution in [-0.4, -0.2) is 12.6 Å². The largest absolute Gasteiger partial charge is 0.465 e. The summed E-state index contributed by atoms with van der Waals surface area (Å²) in [6.07, 6.45) is 5.05. The molecule has 1 fully saturated rings. The molecule has 1 aliphatic heterocycles. The molecule has 0 saturated carbocycles. The van der Waals surface area contributed by atoms with E-state index in [1.807, 2.05) is 6.08 Å². The molecule has 0 unspecified atom stereocenters. The van der Waals surface area contributed by atoms with Crippen molar-refractivity contribution in [1.82, 2.24) is 0 Å². The summed E-state index contributed by atoms with van der Waals surface area (Å²) in [7, 11) is 0. The Hall–Kier alpha value is -0.790. The Kier molecular flexibility index (Phi) is 0.891. The van der Waals surface area contributed by atoms with E-state index in [0.29, 0.717) is 12.5 Å². The second-order valence-electron chi connectivity index (χ2n) is 2.58. The van der Waals surface area contributed by atoms with Gasteiger partial charge in [-0.05, 0) is 6.42 Å². The van der Waals surface area contributed by atoms with Crippen molar-refractivity contribution in [3.05, 3.63) is 12.2 Å². The second-order valence-corrected chi connectivity index (χ2v) is 2.58. The van der Waals surface area contributed by atoms with Crippen LogP contribution in [0.2, 0.25) is 0 Å². The molecular weight excluding hydrogens is 116 g/mol. The van der Waals surface area contributed by atoms with Crippen LogP contribution in [0.3, 0.4) is 0 Å². The molecule has 2 atom stereocenters. The van der Waals surface area contributed by atoms with Crippen LogP contribution < -0.4 is 0 Å². The van der Waals surface area contributed by atoms with Crippen LogP contribution in [0, 0.1) is 11.8 Å². The lowest BCUT2D eigenvalue weighted by Crippen LogP contribution is -2.07. The summed E-state index contributed by atoms with van der Waals surface area (Å²) in [4.78, 5) is 10.8. The van der Waals surface area contributed by atoms with E-state index in [1.54, 1.807) is 0 Å². The number of fused-ring (bicyclic) bond motifs is 1. The van der Waals surface area contributed by atoms with Gasteiger partial charge in [-0.1, -0.05) is 12.2 Å². The minimum Gasteiger partial charge on any atom is -0.465 e. The van der Waals surface area contributed by atoms with Gasteiger partial charge in [0.15, 0.2) is 0 Å². The molecule has 0 aromatic rings. The molecule has 9 heavy (non-hydrogen) atoms. The summed E-state index contributed by atoms with van der Waals surface area (Å²) >= 11 is 0. The van der Waals surface area contributed by atoms with Crippen molar-refractivity contribution in [1.29, 1.82) is 0 Å². The fourth-order valence-corrected chi connectivity index (χ4v) is 1.43. The first kappa shape index (κ1) is 5.03. The minimum absolute atomic E-state index is 0.0336. The molecule has 1 saturated heterocycles. The van der Waals surface area contributed by atoms with Crippen LogP contribution in [0.5, 0.6) is 0 Å². The van der Waals surface area contributed by atoms with Crippen molar-refractivity contribution >= 4 is 5.97 Å². The van der Waals surface area contributed by atoms with Crippen LogP contribution in [0.4, 0.5) is 0 Å². The van der Waals surface area contributed by atoms with Crippen molar-refractivity contribution in [3.8, 4) is 0 Å². The number of rotatable bonds is 0. The highest BCUT2D eigenvalue weighted by Gasteiger charge is 2.36. The summed E-state index contributed by atoms with van der Waals surface area (Å²) in [5.74, 6) is 0.538. The molecule has 2 rings (SSSR count). The zero-order valence-electron chi connectivity index (χ0n) is 5.04. The van der Waals surface area contributed by atoms with Gasteiger partial charge in [0.2, 0.25) is 0 Å². The molecule has 0 radical (unpaired) electrons. The van der Waals surface area contributed by atoms with Crippen molar-refractivity contribution in [3.63, 3.8) is 0 Å². The van der Waals surface area contributed by atoms with Gasteiger partial charge in [0.05, 0.1) is 12.5 Å². The lowest BCUT2D eigenvalue weighted by atomic mass is 10.00. The third-order valence-corrected chi connectivity index (χ3v) is 2.00. The number of carbonyl (C=O) groups excluding carboxylic acids is 1. The fraction of sp³-hybridized carbons (Fsp3) is 0.571. The lowest BCUT2D eigenvalue weighted by molar-refractivity contribution is -0.140. The molecule has 1 heterocycles. The summed E-state index contributed by atoms with van der Waals surface area (Å²) < 4.78 is 4.83. The van der Waals surface area contributed by atoms with E-state index in [0.717, 1.165) is 6.42 Å². The topological polar surface area (TPSA) is 26.3 Å². The Balaban J connectivity index is 2.24. The van der Waals surface area contributed by atoms with Gasteiger partial charge in [0.25, 0.3) is 0 Å². The van der Waals surface area contributed by atoms with Crippen LogP contribution in [0.15, 0.2) is 12.2 Å². The summed E-state index contributed by atoms with van der Waals surface area (Å²) in [5.41, 5.74) is 0. The minimum atomic E-state index is -0.0336. The third kappa shape index (κ3) is 0.590. The van der Waals surface area contributed by atoms with E-state index in [4.69, 9.17) is 4.74 Å². The second kappa shape index (κ2) is 1.59. The standard InChI is InChI=1S/C7H8O2/c8-7-6-3-1-2-5(6)4-9-7/h1,3,5-6H,2,4H2/t5-,6-/m0/s1. The normalized spacial score (nSPS) is 38.9. The van der Waals surface area contributed by atoms with Crippen LogP contribution >= 0.6 is 0 Å². The Bertz CT molecular complexity index is 172. The Morgan fingerprint density at radius 2 is 2.56 bits per heavy atom. The molecule has 48 valence electrons. The van der Waals surface area contributed by atoms with Crippen LogP contribution in [0.1, 0.15) is 6.42 Å². The molecule has 1 aliphatic carbocycles. The molecule has 0 N–H and O–H groups in total. The molecule has 2 aliphatic rings. The van der Waals surface area contributed by atoms with Crippen molar-refractivity contribution in [2.45, 2.75) is 6.42 Å². The highest BCUT2D eigenvalue weighted by molar-refractivity contribution is 5.77. The van der Waals surface area contributed by atoms with E-state index >= 15 is 0 Å². The fourth-order valence-electron chi connectivity index (χ4n) is 1.43. The van der Waals surface area contributed by atoms with Gasteiger partial charge in [-0.15, -0.1) is 0 Å². The summed E-state index contributed by atoms with van der Waals surface area (Å²) in [6, 6.07) is 0. The first-order valence-corrected chi connectivity index (χ1v) is 3.21. The molecule has 2 nitrogen and oxygen atoms in total. The van der Waals surface area contributed by atoms with Gasteiger partial charge < -0.3 is 4.74 Å². The Morgan fingerprint density at radius 1 is 1.67 bits per heavy atom. The first-order valence-electron chi connectivity index (χ1n) is 3.21. The number of hydrogen-bond acceptors (Lipinski definition) is 2. The van der Waals surface area contributed by atoms with Gasteiger partial charge in [0, 0.05) is 5.92 Å². The van der Waals surface area contributed by atoms with Gasteiger partial charge in [0.1, 0.15) is 0 Å². The third-order valence-electron chi connectivity index (χ3n) is 2.00. The van der Waals surface area contributed by atoms with Crippen molar-refractivity contribution in [2.24, 2.45) is 11.8 Å². The number of esters is 1. The number of hydrogen-bond donors (Lipinski definition) is 0. The summed E-state index contributed by atoms with van der Waals surface area (Å²) in [6.45, 7) is 0.635. The lowest BCUT2D eigenvalue weighted by Gasteiger charge is -1.98. The molecule has 2 heteroatoms. The van der Waals surface area contributed by atoms with Crippen LogP contribution in [0.25, 0.3) is 0 Å². The predicted octanol–water partition coefficient (Wildman–Crippen LogP) is 0.736. The highest BCUT2D eigenvalue weighted by atomic mass is 16.5. The molecule has 0 aromatic carbocycles. The number of allylic oxidation sites excluding steroid dienone is 1.